The van der Waals surface area contributed by atoms with Gasteiger partial charge in [0.05, 0.1) is 9.21 Å². The van der Waals surface area contributed by atoms with E-state index in [1.807, 2.05) is 0 Å². The van der Waals surface area contributed by atoms with Crippen molar-refractivity contribution in [2.75, 3.05) is 6.54 Å². The van der Waals surface area contributed by atoms with Gasteiger partial charge in [-0.2, -0.15) is 0 Å². The number of nitrogens with one attached hydrogen (secondary N) is 1. The van der Waals surface area contributed by atoms with E-state index in [9.17, 15) is 4.79 Å². The fourth-order valence-electron chi connectivity index (χ4n) is 1.08. The van der Waals surface area contributed by atoms with Crippen LogP contribution in [0.25, 0.3) is 0 Å². The molecule has 0 radical (unpaired) electrons. The van der Waals surface area contributed by atoms with E-state index in [4.69, 9.17) is 18.0 Å². The number of terminal acetylenes is 1. The Hall–Kier alpha value is -0.980. The number of amides is 1. The molecule has 0 saturated heterocycles. The first-order chi connectivity index (χ1) is 7.24. The van der Waals surface area contributed by atoms with Crippen LogP contribution in [0.1, 0.15) is 28.9 Å². The third-order valence-corrected chi connectivity index (χ3v) is 3.06. The first kappa shape index (κ1) is 12.1. The number of carbonyl (C=O) groups is 1. The molecular weight excluding hydrogens is 230 g/mol. The number of hydrogen-bond donors (Lipinski definition) is 1. The van der Waals surface area contributed by atoms with Crippen molar-refractivity contribution in [2.45, 2.75) is 19.3 Å². The number of unbranched alkanes of at least 4 members (excludes halogenated alkanes) is 2. The summed E-state index contributed by atoms with van der Waals surface area (Å²) in [5.41, 5.74) is 0. The molecule has 1 heterocycles. The Bertz CT molecular complexity index is 367. The quantitative estimate of drug-likeness (QED) is 0.623. The highest BCUT2D eigenvalue weighted by atomic mass is 35.5. The molecule has 1 aromatic heterocycles. The second-order valence-electron chi connectivity index (χ2n) is 3.02. The van der Waals surface area contributed by atoms with Crippen LogP contribution in [0.5, 0.6) is 0 Å². The summed E-state index contributed by atoms with van der Waals surface area (Å²) in [6.45, 7) is 0.663. The fraction of sp³-hybridized carbons (Fsp3) is 0.364. The van der Waals surface area contributed by atoms with Gasteiger partial charge in [0, 0.05) is 13.0 Å². The van der Waals surface area contributed by atoms with Gasteiger partial charge >= 0.3 is 0 Å². The highest BCUT2D eigenvalue weighted by Crippen LogP contribution is 2.20. The minimum Gasteiger partial charge on any atom is -0.351 e. The zero-order valence-corrected chi connectivity index (χ0v) is 9.83. The molecule has 1 rings (SSSR count). The van der Waals surface area contributed by atoms with Crippen LogP contribution in [0.4, 0.5) is 0 Å². The van der Waals surface area contributed by atoms with Gasteiger partial charge in [-0.1, -0.05) is 11.6 Å². The molecule has 15 heavy (non-hydrogen) atoms. The molecule has 0 aromatic carbocycles. The molecule has 0 saturated carbocycles. The molecule has 1 amide bonds. The third kappa shape index (κ3) is 4.37. The van der Waals surface area contributed by atoms with Gasteiger partial charge in [-0.05, 0) is 25.0 Å². The standard InChI is InChI=1S/C11H12ClNOS/c1-2-3-4-5-8-13-11(14)9-6-7-10(12)15-9/h1,6-7H,3-5,8H2,(H,13,14). The van der Waals surface area contributed by atoms with Crippen LogP contribution < -0.4 is 5.32 Å². The molecule has 0 aliphatic rings. The Morgan fingerprint density at radius 3 is 2.93 bits per heavy atom. The maximum Gasteiger partial charge on any atom is 0.261 e. The van der Waals surface area contributed by atoms with Crippen LogP contribution >= 0.6 is 22.9 Å². The normalized spacial score (nSPS) is 9.60. The maximum absolute atomic E-state index is 11.5. The fourth-order valence-corrected chi connectivity index (χ4v) is 2.04. The number of hydrogen-bond acceptors (Lipinski definition) is 2. The lowest BCUT2D eigenvalue weighted by atomic mass is 10.2. The zero-order valence-electron chi connectivity index (χ0n) is 8.25. The van der Waals surface area contributed by atoms with Crippen LogP contribution in [0, 0.1) is 12.3 Å². The maximum atomic E-state index is 11.5. The Balaban J connectivity index is 2.23. The number of rotatable bonds is 5. The molecule has 1 N–H and O–H groups in total. The van der Waals surface area contributed by atoms with Crippen molar-refractivity contribution in [2.24, 2.45) is 0 Å². The summed E-state index contributed by atoms with van der Waals surface area (Å²) in [5, 5.41) is 2.82. The lowest BCUT2D eigenvalue weighted by molar-refractivity contribution is 0.0957. The molecule has 80 valence electrons. The molecule has 0 aliphatic heterocycles. The zero-order chi connectivity index (χ0) is 11.1. The Kier molecular flexibility index (Phi) is 5.23. The van der Waals surface area contributed by atoms with E-state index in [0.29, 0.717) is 15.8 Å². The predicted octanol–water partition coefficient (Wildman–Crippen LogP) is 2.93. The third-order valence-electron chi connectivity index (χ3n) is 1.83. The second kappa shape index (κ2) is 6.49. The summed E-state index contributed by atoms with van der Waals surface area (Å²) in [6, 6.07) is 3.45. The van der Waals surface area contributed by atoms with E-state index in [2.05, 4.69) is 11.2 Å². The Morgan fingerprint density at radius 2 is 2.33 bits per heavy atom. The van der Waals surface area contributed by atoms with Gasteiger partial charge in [-0.3, -0.25) is 4.79 Å². The van der Waals surface area contributed by atoms with Crippen LogP contribution in [-0.2, 0) is 0 Å². The smallest absolute Gasteiger partial charge is 0.261 e. The average molecular weight is 242 g/mol. The summed E-state index contributed by atoms with van der Waals surface area (Å²) >= 11 is 7.01. The van der Waals surface area contributed by atoms with E-state index in [0.717, 1.165) is 19.3 Å². The van der Waals surface area contributed by atoms with E-state index >= 15 is 0 Å². The van der Waals surface area contributed by atoms with Gasteiger partial charge in [0.25, 0.3) is 5.91 Å². The van der Waals surface area contributed by atoms with Crippen LogP contribution in [0.3, 0.4) is 0 Å². The van der Waals surface area contributed by atoms with E-state index in [1.54, 1.807) is 12.1 Å². The number of carbonyl (C=O) groups excluding carboxylic acids is 1. The van der Waals surface area contributed by atoms with Crippen molar-refractivity contribution in [3.05, 3.63) is 21.3 Å². The molecule has 0 aliphatic carbocycles. The lowest BCUT2D eigenvalue weighted by Gasteiger charge is -2.01. The minimum absolute atomic E-state index is 0.0624. The summed E-state index contributed by atoms with van der Waals surface area (Å²) in [5.74, 6) is 2.50. The molecule has 0 atom stereocenters. The minimum atomic E-state index is -0.0624. The van der Waals surface area contributed by atoms with Gasteiger partial charge in [0.15, 0.2) is 0 Å². The monoisotopic (exact) mass is 241 g/mol. The summed E-state index contributed by atoms with van der Waals surface area (Å²) in [6.07, 6.45) is 7.74. The Labute approximate surface area is 98.6 Å². The lowest BCUT2D eigenvalue weighted by Crippen LogP contribution is -2.23. The van der Waals surface area contributed by atoms with Crippen LogP contribution in [0.2, 0.25) is 4.34 Å². The van der Waals surface area contributed by atoms with Crippen molar-refractivity contribution in [1.82, 2.24) is 5.32 Å². The second-order valence-corrected chi connectivity index (χ2v) is 4.74. The summed E-state index contributed by atoms with van der Waals surface area (Å²) in [4.78, 5) is 12.1. The van der Waals surface area contributed by atoms with Crippen LogP contribution in [0.15, 0.2) is 12.1 Å². The Morgan fingerprint density at radius 1 is 1.53 bits per heavy atom. The molecule has 0 unspecified atom stereocenters. The predicted molar refractivity (Wildman–Crippen MR) is 64.3 cm³/mol. The largest absolute Gasteiger partial charge is 0.351 e. The molecule has 0 fully saturated rings. The van der Waals surface area contributed by atoms with Gasteiger partial charge < -0.3 is 5.32 Å². The highest BCUT2D eigenvalue weighted by molar-refractivity contribution is 7.17. The summed E-state index contributed by atoms with van der Waals surface area (Å²) in [7, 11) is 0. The molecule has 4 heteroatoms. The van der Waals surface area contributed by atoms with Gasteiger partial charge in [0.1, 0.15) is 0 Å². The molecule has 0 spiro atoms. The summed E-state index contributed by atoms with van der Waals surface area (Å²) < 4.78 is 0.632. The van der Waals surface area contributed by atoms with Crippen molar-refractivity contribution < 1.29 is 4.79 Å². The number of thiophene rings is 1. The van der Waals surface area contributed by atoms with Crippen LogP contribution in [-0.4, -0.2) is 12.5 Å². The van der Waals surface area contributed by atoms with Crippen molar-refractivity contribution in [3.8, 4) is 12.3 Å². The molecule has 0 bridgehead atoms. The molecule has 2 nitrogen and oxygen atoms in total. The average Bonchev–Trinajstić information content (AvgIpc) is 2.64. The van der Waals surface area contributed by atoms with E-state index in [-0.39, 0.29) is 5.91 Å². The molecular formula is C11H12ClNOS. The van der Waals surface area contributed by atoms with E-state index in [1.165, 1.54) is 11.3 Å². The van der Waals surface area contributed by atoms with E-state index < -0.39 is 0 Å². The van der Waals surface area contributed by atoms with Crippen molar-refractivity contribution >= 4 is 28.8 Å². The molecule has 1 aromatic rings. The van der Waals surface area contributed by atoms with Gasteiger partial charge in [0.2, 0.25) is 0 Å². The first-order valence-corrected chi connectivity index (χ1v) is 5.90. The SMILES string of the molecule is C#CCCCCNC(=O)c1ccc(Cl)s1. The highest BCUT2D eigenvalue weighted by Gasteiger charge is 2.06. The van der Waals surface area contributed by atoms with Crippen molar-refractivity contribution in [3.63, 3.8) is 0 Å². The van der Waals surface area contributed by atoms with Gasteiger partial charge in [-0.25, -0.2) is 0 Å². The topological polar surface area (TPSA) is 29.1 Å². The number of halogens is 1. The van der Waals surface area contributed by atoms with Gasteiger partial charge in [-0.15, -0.1) is 23.7 Å². The first-order valence-electron chi connectivity index (χ1n) is 4.71. The van der Waals surface area contributed by atoms with Crippen molar-refractivity contribution in [1.29, 1.82) is 0 Å².